The first-order valence-electron chi connectivity index (χ1n) is 11.3. The van der Waals surface area contributed by atoms with Crippen molar-refractivity contribution in [3.63, 3.8) is 0 Å². The van der Waals surface area contributed by atoms with Crippen molar-refractivity contribution in [1.29, 1.82) is 0 Å². The summed E-state index contributed by atoms with van der Waals surface area (Å²) in [5.41, 5.74) is 1.13. The summed E-state index contributed by atoms with van der Waals surface area (Å²) < 4.78 is 0. The van der Waals surface area contributed by atoms with Gasteiger partial charge in [-0.2, -0.15) is 0 Å². The lowest BCUT2D eigenvalue weighted by molar-refractivity contribution is 0.126. The molecule has 0 bridgehead atoms. The molecule has 3 unspecified atom stereocenters. The molecule has 0 amide bonds. The quantitative estimate of drug-likeness (QED) is 0.334. The molecule has 144 valence electrons. The van der Waals surface area contributed by atoms with Crippen molar-refractivity contribution in [2.75, 3.05) is 0 Å². The predicted octanol–water partition coefficient (Wildman–Crippen LogP) is 8.64. The molecular weight excluding hydrogens is 288 g/mol. The molecule has 1 fully saturated rings. The average molecular weight is 337 g/mol. The summed E-state index contributed by atoms with van der Waals surface area (Å²) in [7, 11) is 0. The smallest absolute Gasteiger partial charge is 0.0305 e. The molecule has 0 aromatic carbocycles. The summed E-state index contributed by atoms with van der Waals surface area (Å²) >= 11 is 0. The van der Waals surface area contributed by atoms with Crippen LogP contribution in [0.3, 0.4) is 0 Å². The van der Waals surface area contributed by atoms with Crippen molar-refractivity contribution in [2.45, 2.75) is 126 Å². The third kappa shape index (κ3) is 6.72. The van der Waals surface area contributed by atoms with Crippen LogP contribution in [0.2, 0.25) is 0 Å². The summed E-state index contributed by atoms with van der Waals surface area (Å²) in [4.78, 5) is 0. The zero-order chi connectivity index (χ0) is 18.2. The zero-order valence-corrected chi connectivity index (χ0v) is 18.2. The minimum absolute atomic E-state index is 0.541. The lowest BCUT2D eigenvalue weighted by Gasteiger charge is -2.38. The molecule has 1 aliphatic carbocycles. The minimum atomic E-state index is 0.541. The molecule has 0 saturated heterocycles. The van der Waals surface area contributed by atoms with Crippen LogP contribution in [0.25, 0.3) is 0 Å². The second-order valence-electron chi connectivity index (χ2n) is 10.1. The van der Waals surface area contributed by atoms with Crippen LogP contribution in [0.1, 0.15) is 126 Å². The first-order valence-corrected chi connectivity index (χ1v) is 11.3. The zero-order valence-electron chi connectivity index (χ0n) is 18.2. The summed E-state index contributed by atoms with van der Waals surface area (Å²) in [5, 5.41) is 0. The van der Waals surface area contributed by atoms with E-state index in [9.17, 15) is 0 Å². The highest BCUT2D eigenvalue weighted by atomic mass is 14.4. The van der Waals surface area contributed by atoms with Gasteiger partial charge in [-0.25, -0.2) is 0 Å². The standard InChI is InChI=1S/C24H48/c1-8-16-23(6,17-15-22-13-11-12-14-22)19-20(4)18-21(5)24(7,9-2)10-3/h20-22H,8-19H2,1-7H3. The van der Waals surface area contributed by atoms with E-state index in [2.05, 4.69) is 48.5 Å². The maximum Gasteiger partial charge on any atom is -0.0305 e. The molecule has 0 spiro atoms. The molecule has 3 atom stereocenters. The Kier molecular flexibility index (Phi) is 9.39. The predicted molar refractivity (Wildman–Crippen MR) is 110 cm³/mol. The van der Waals surface area contributed by atoms with Gasteiger partial charge in [0, 0.05) is 0 Å². The van der Waals surface area contributed by atoms with Crippen molar-refractivity contribution in [1.82, 2.24) is 0 Å². The molecule has 0 radical (unpaired) electrons. The molecule has 24 heavy (non-hydrogen) atoms. The Morgan fingerprint density at radius 2 is 1.50 bits per heavy atom. The summed E-state index contributed by atoms with van der Waals surface area (Å²) in [6, 6.07) is 0. The van der Waals surface area contributed by atoms with Gasteiger partial charge in [-0.3, -0.25) is 0 Å². The van der Waals surface area contributed by atoms with Crippen LogP contribution in [-0.4, -0.2) is 0 Å². The normalized spacial score (nSPS) is 21.6. The van der Waals surface area contributed by atoms with Crippen molar-refractivity contribution in [2.24, 2.45) is 28.6 Å². The van der Waals surface area contributed by atoms with Gasteiger partial charge < -0.3 is 0 Å². The van der Waals surface area contributed by atoms with Gasteiger partial charge in [-0.1, -0.05) is 93.4 Å². The van der Waals surface area contributed by atoms with Crippen molar-refractivity contribution in [3.8, 4) is 0 Å². The van der Waals surface area contributed by atoms with E-state index in [-0.39, 0.29) is 0 Å². The van der Waals surface area contributed by atoms with Crippen LogP contribution in [-0.2, 0) is 0 Å². The fourth-order valence-corrected chi connectivity index (χ4v) is 5.54. The lowest BCUT2D eigenvalue weighted by Crippen LogP contribution is -2.27. The van der Waals surface area contributed by atoms with Gasteiger partial charge in [-0.05, 0) is 60.7 Å². The highest BCUT2D eigenvalue weighted by Crippen LogP contribution is 2.43. The number of hydrogen-bond acceptors (Lipinski definition) is 0. The molecule has 0 aromatic rings. The van der Waals surface area contributed by atoms with Crippen molar-refractivity contribution in [3.05, 3.63) is 0 Å². The Hall–Kier alpha value is 0. The molecule has 0 nitrogen and oxygen atoms in total. The van der Waals surface area contributed by atoms with Gasteiger partial charge in [0.25, 0.3) is 0 Å². The maximum absolute atomic E-state index is 2.60. The third-order valence-electron chi connectivity index (χ3n) is 7.89. The number of rotatable bonds is 12. The topological polar surface area (TPSA) is 0 Å². The first-order chi connectivity index (χ1) is 11.3. The molecule has 1 rings (SSSR count). The van der Waals surface area contributed by atoms with E-state index in [1.165, 1.54) is 77.0 Å². The molecular formula is C24H48. The molecule has 0 N–H and O–H groups in total. The van der Waals surface area contributed by atoms with E-state index < -0.39 is 0 Å². The van der Waals surface area contributed by atoms with Gasteiger partial charge in [0.1, 0.15) is 0 Å². The van der Waals surface area contributed by atoms with Crippen LogP contribution >= 0.6 is 0 Å². The third-order valence-corrected chi connectivity index (χ3v) is 7.89. The van der Waals surface area contributed by atoms with Gasteiger partial charge in [0.15, 0.2) is 0 Å². The summed E-state index contributed by atoms with van der Waals surface area (Å²) in [6.07, 6.45) is 17.3. The summed E-state index contributed by atoms with van der Waals surface area (Å²) in [5.74, 6) is 2.78. The Morgan fingerprint density at radius 3 is 2.00 bits per heavy atom. The monoisotopic (exact) mass is 336 g/mol. The summed E-state index contributed by atoms with van der Waals surface area (Å²) in [6.45, 7) is 17.3. The van der Waals surface area contributed by atoms with Crippen molar-refractivity contribution < 1.29 is 0 Å². The van der Waals surface area contributed by atoms with Crippen LogP contribution in [0.15, 0.2) is 0 Å². The van der Waals surface area contributed by atoms with E-state index in [1.54, 1.807) is 0 Å². The average Bonchev–Trinajstić information content (AvgIpc) is 3.05. The first kappa shape index (κ1) is 22.0. The van der Waals surface area contributed by atoms with Crippen LogP contribution in [0.5, 0.6) is 0 Å². The van der Waals surface area contributed by atoms with E-state index in [1.807, 2.05) is 0 Å². The highest BCUT2D eigenvalue weighted by Gasteiger charge is 2.32. The number of hydrogen-bond donors (Lipinski definition) is 0. The van der Waals surface area contributed by atoms with Gasteiger partial charge in [0.2, 0.25) is 0 Å². The van der Waals surface area contributed by atoms with Gasteiger partial charge in [0.05, 0.1) is 0 Å². The van der Waals surface area contributed by atoms with Crippen molar-refractivity contribution >= 4 is 0 Å². The van der Waals surface area contributed by atoms with E-state index in [0.717, 1.165) is 17.8 Å². The fourth-order valence-electron chi connectivity index (χ4n) is 5.54. The molecule has 0 aliphatic heterocycles. The minimum Gasteiger partial charge on any atom is -0.0654 e. The Labute approximate surface area is 154 Å². The van der Waals surface area contributed by atoms with E-state index in [0.29, 0.717) is 10.8 Å². The van der Waals surface area contributed by atoms with E-state index in [4.69, 9.17) is 0 Å². The fraction of sp³-hybridized carbons (Fsp3) is 1.00. The second-order valence-corrected chi connectivity index (χ2v) is 10.1. The lowest BCUT2D eigenvalue weighted by atomic mass is 9.67. The van der Waals surface area contributed by atoms with Gasteiger partial charge in [-0.15, -0.1) is 0 Å². The second kappa shape index (κ2) is 10.2. The molecule has 0 aromatic heterocycles. The van der Waals surface area contributed by atoms with Crippen LogP contribution < -0.4 is 0 Å². The Bertz CT molecular complexity index is 321. The van der Waals surface area contributed by atoms with Crippen LogP contribution in [0, 0.1) is 28.6 Å². The molecule has 1 saturated carbocycles. The molecule has 0 heteroatoms. The largest absolute Gasteiger partial charge is 0.0654 e. The SMILES string of the molecule is CCCC(C)(CCC1CCCC1)CC(C)CC(C)C(C)(CC)CC. The molecule has 0 heterocycles. The maximum atomic E-state index is 2.60. The molecule has 1 aliphatic rings. The van der Waals surface area contributed by atoms with Gasteiger partial charge >= 0.3 is 0 Å². The van der Waals surface area contributed by atoms with E-state index >= 15 is 0 Å². The highest BCUT2D eigenvalue weighted by molar-refractivity contribution is 4.83. The van der Waals surface area contributed by atoms with Crippen LogP contribution in [0.4, 0.5) is 0 Å². The Morgan fingerprint density at radius 1 is 0.917 bits per heavy atom. The Balaban J connectivity index is 2.55.